The summed E-state index contributed by atoms with van der Waals surface area (Å²) in [6.07, 6.45) is 0. The molecule has 0 aliphatic carbocycles. The third-order valence-corrected chi connectivity index (χ3v) is 4.33. The number of hydrogen-bond donors (Lipinski definition) is 1. The molecule has 1 N–H and O–H groups in total. The molecule has 0 aliphatic rings. The Balaban J connectivity index is 0.00000196. The summed E-state index contributed by atoms with van der Waals surface area (Å²) in [6.45, 7) is 0. The Morgan fingerprint density at radius 3 is 2.31 bits per heavy atom. The van der Waals surface area contributed by atoms with Crippen LogP contribution < -0.4 is 12.4 Å². The largest absolute Gasteiger partial charge is 1.00 e. The number of phenols is 1. The zero-order valence-electron chi connectivity index (χ0n) is 13.5. The van der Waals surface area contributed by atoms with Crippen molar-refractivity contribution in [2.45, 2.75) is 0 Å². The predicted octanol–water partition coefficient (Wildman–Crippen LogP) is 3.07. The van der Waals surface area contributed by atoms with Gasteiger partial charge in [-0.1, -0.05) is 29.8 Å². The number of rotatable bonds is 2. The maximum atomic E-state index is 14.4. The van der Waals surface area contributed by atoms with Crippen LogP contribution in [0, 0.1) is 5.82 Å². The third kappa shape index (κ3) is 3.36. The van der Waals surface area contributed by atoms with Crippen LogP contribution in [0.4, 0.5) is 4.39 Å². The quantitative estimate of drug-likeness (QED) is 0.576. The second-order valence-corrected chi connectivity index (χ2v) is 6.18. The Kier molecular flexibility index (Phi) is 5.12. The van der Waals surface area contributed by atoms with Crippen molar-refractivity contribution in [1.82, 2.24) is 4.98 Å². The molecule has 5 heteroatoms. The smallest absolute Gasteiger partial charge is 0.131 e. The molecule has 0 atom stereocenters. The number of fused-ring (bicyclic) bond motifs is 1. The fraction of sp³-hybridized carbons (Fsp3) is 0. The summed E-state index contributed by atoms with van der Waals surface area (Å²) >= 11 is 6.14. The van der Waals surface area contributed by atoms with Crippen molar-refractivity contribution in [3.8, 4) is 28.1 Å². The summed E-state index contributed by atoms with van der Waals surface area (Å²) in [5, 5.41) is 10.9. The number of hydrogen-bond acceptors (Lipinski definition) is 2. The molecule has 3 aromatic carbocycles. The molecular formula is C21H13Cl2FNO-. The van der Waals surface area contributed by atoms with Crippen LogP contribution in [0.3, 0.4) is 0 Å². The minimum Gasteiger partial charge on any atom is -1.00 e. The molecule has 4 rings (SSSR count). The van der Waals surface area contributed by atoms with Crippen LogP contribution in [0.25, 0.3) is 33.3 Å². The normalized spacial score (nSPS) is 10.5. The lowest BCUT2D eigenvalue weighted by atomic mass is 9.98. The Labute approximate surface area is 161 Å². The van der Waals surface area contributed by atoms with Crippen LogP contribution in [0.2, 0.25) is 5.02 Å². The maximum absolute atomic E-state index is 14.4. The van der Waals surface area contributed by atoms with Crippen LogP contribution in [0.1, 0.15) is 0 Å². The summed E-state index contributed by atoms with van der Waals surface area (Å²) < 4.78 is 14.4. The topological polar surface area (TPSA) is 33.1 Å². The number of nitrogens with zero attached hydrogens (tertiary/aromatic N) is 1. The highest BCUT2D eigenvalue weighted by Crippen LogP contribution is 2.34. The summed E-state index contributed by atoms with van der Waals surface area (Å²) in [6, 6.07) is 20.7. The monoisotopic (exact) mass is 384 g/mol. The average molecular weight is 385 g/mol. The van der Waals surface area contributed by atoms with E-state index in [0.717, 1.165) is 22.0 Å². The average Bonchev–Trinajstić information content (AvgIpc) is 2.62. The van der Waals surface area contributed by atoms with E-state index in [1.54, 1.807) is 54.6 Å². The first-order chi connectivity index (χ1) is 12.1. The lowest BCUT2D eigenvalue weighted by Gasteiger charge is -2.11. The van der Waals surface area contributed by atoms with Crippen molar-refractivity contribution in [3.05, 3.63) is 83.6 Å². The fourth-order valence-electron chi connectivity index (χ4n) is 2.88. The highest BCUT2D eigenvalue weighted by atomic mass is 35.5. The number of phenolic OH excluding ortho intramolecular Hbond substituents is 1. The molecule has 0 spiro atoms. The minimum absolute atomic E-state index is 0. The first-order valence-electron chi connectivity index (χ1n) is 7.76. The van der Waals surface area contributed by atoms with Gasteiger partial charge in [-0.15, -0.1) is 0 Å². The second-order valence-electron chi connectivity index (χ2n) is 5.74. The van der Waals surface area contributed by atoms with Crippen molar-refractivity contribution < 1.29 is 21.9 Å². The molecule has 0 saturated carbocycles. The molecular weight excluding hydrogens is 372 g/mol. The van der Waals surface area contributed by atoms with E-state index in [9.17, 15) is 9.50 Å². The molecule has 0 aliphatic heterocycles. The molecule has 1 aromatic heterocycles. The first kappa shape index (κ1) is 18.2. The van der Waals surface area contributed by atoms with Gasteiger partial charge in [0.15, 0.2) is 0 Å². The van der Waals surface area contributed by atoms with Gasteiger partial charge in [0.2, 0.25) is 0 Å². The molecule has 0 fully saturated rings. The summed E-state index contributed by atoms with van der Waals surface area (Å²) in [5.41, 5.74) is 3.50. The Bertz CT molecular complexity index is 1080. The molecule has 26 heavy (non-hydrogen) atoms. The van der Waals surface area contributed by atoms with E-state index in [0.29, 0.717) is 16.3 Å². The molecule has 0 unspecified atom stereocenters. The predicted molar refractivity (Wildman–Crippen MR) is 99.2 cm³/mol. The van der Waals surface area contributed by atoms with E-state index < -0.39 is 0 Å². The Morgan fingerprint density at radius 2 is 1.58 bits per heavy atom. The number of halogens is 3. The number of pyridine rings is 1. The molecule has 0 radical (unpaired) electrons. The van der Waals surface area contributed by atoms with Gasteiger partial charge in [0.25, 0.3) is 0 Å². The summed E-state index contributed by atoms with van der Waals surface area (Å²) in [5.74, 6) is -0.114. The molecule has 130 valence electrons. The van der Waals surface area contributed by atoms with Crippen LogP contribution in [-0.2, 0) is 0 Å². The van der Waals surface area contributed by atoms with Crippen molar-refractivity contribution in [2.75, 3.05) is 0 Å². The van der Waals surface area contributed by atoms with Gasteiger partial charge in [0, 0.05) is 21.5 Å². The van der Waals surface area contributed by atoms with E-state index in [1.165, 1.54) is 6.07 Å². The highest BCUT2D eigenvalue weighted by molar-refractivity contribution is 6.31. The van der Waals surface area contributed by atoms with Crippen LogP contribution in [0.5, 0.6) is 5.75 Å². The lowest BCUT2D eigenvalue weighted by molar-refractivity contribution is -0.00000640. The van der Waals surface area contributed by atoms with E-state index in [2.05, 4.69) is 4.98 Å². The standard InChI is InChI=1S/C21H13ClFNO.ClH/c22-14-7-10-20-18(11-14)17(16-3-1-2-4-19(16)23)12-21(24-20)13-5-8-15(25)9-6-13;/h1-12,25H;1H/p-1. The van der Waals surface area contributed by atoms with Gasteiger partial charge in [-0.05, 0) is 60.2 Å². The molecule has 2 nitrogen and oxygen atoms in total. The van der Waals surface area contributed by atoms with Gasteiger partial charge in [-0.3, -0.25) is 0 Å². The van der Waals surface area contributed by atoms with E-state index in [-0.39, 0.29) is 24.0 Å². The van der Waals surface area contributed by atoms with Crippen LogP contribution in [0.15, 0.2) is 72.8 Å². The maximum Gasteiger partial charge on any atom is 0.131 e. The molecule has 1 heterocycles. The zero-order valence-corrected chi connectivity index (χ0v) is 15.0. The highest BCUT2D eigenvalue weighted by Gasteiger charge is 2.13. The van der Waals surface area contributed by atoms with Gasteiger partial charge in [-0.2, -0.15) is 0 Å². The van der Waals surface area contributed by atoms with Gasteiger partial charge in [-0.25, -0.2) is 9.37 Å². The number of aromatic hydroxyl groups is 1. The SMILES string of the molecule is Oc1ccc(-c2cc(-c3ccccc3F)c3cc(Cl)ccc3n2)cc1.[Cl-]. The van der Waals surface area contributed by atoms with E-state index in [4.69, 9.17) is 11.6 Å². The van der Waals surface area contributed by atoms with Crippen molar-refractivity contribution in [2.24, 2.45) is 0 Å². The Hall–Kier alpha value is -2.62. The van der Waals surface area contributed by atoms with Gasteiger partial charge < -0.3 is 17.5 Å². The summed E-state index contributed by atoms with van der Waals surface area (Å²) in [4.78, 5) is 4.67. The van der Waals surface area contributed by atoms with Crippen molar-refractivity contribution in [1.29, 1.82) is 0 Å². The number of aromatic nitrogens is 1. The van der Waals surface area contributed by atoms with Crippen LogP contribution >= 0.6 is 11.6 Å². The second kappa shape index (κ2) is 7.32. The molecule has 0 amide bonds. The number of benzene rings is 3. The first-order valence-corrected chi connectivity index (χ1v) is 8.14. The molecule has 4 aromatic rings. The molecule has 0 saturated heterocycles. The third-order valence-electron chi connectivity index (χ3n) is 4.10. The minimum atomic E-state index is -0.299. The van der Waals surface area contributed by atoms with Gasteiger partial charge in [0.05, 0.1) is 11.2 Å². The van der Waals surface area contributed by atoms with Crippen molar-refractivity contribution >= 4 is 22.5 Å². The molecule has 0 bridgehead atoms. The fourth-order valence-corrected chi connectivity index (χ4v) is 3.05. The van der Waals surface area contributed by atoms with E-state index in [1.807, 2.05) is 12.1 Å². The Morgan fingerprint density at radius 1 is 0.846 bits per heavy atom. The van der Waals surface area contributed by atoms with Gasteiger partial charge >= 0.3 is 0 Å². The van der Waals surface area contributed by atoms with Crippen molar-refractivity contribution in [3.63, 3.8) is 0 Å². The van der Waals surface area contributed by atoms with Crippen LogP contribution in [-0.4, -0.2) is 10.1 Å². The lowest BCUT2D eigenvalue weighted by Crippen LogP contribution is -3.00. The van der Waals surface area contributed by atoms with Gasteiger partial charge in [0.1, 0.15) is 11.6 Å². The van der Waals surface area contributed by atoms with E-state index >= 15 is 0 Å². The summed E-state index contributed by atoms with van der Waals surface area (Å²) in [7, 11) is 0. The zero-order chi connectivity index (χ0) is 17.4.